The molecule has 6 heteroatoms. The average molecular weight is 259 g/mol. The zero-order valence-corrected chi connectivity index (χ0v) is 11.0. The molecule has 1 aliphatic heterocycles. The number of hydrazone groups is 1. The van der Waals surface area contributed by atoms with Gasteiger partial charge in [-0.3, -0.25) is 10.4 Å². The number of benzene rings is 1. The maximum Gasteiger partial charge on any atom is 0.177 e. The lowest BCUT2D eigenvalue weighted by Gasteiger charge is -2.13. The molecule has 0 amide bonds. The molecule has 0 radical (unpaired) electrons. The highest BCUT2D eigenvalue weighted by Crippen LogP contribution is 2.18. The van der Waals surface area contributed by atoms with Crippen LogP contribution < -0.4 is 5.43 Å². The average Bonchev–Trinajstić information content (AvgIpc) is 2.77. The van der Waals surface area contributed by atoms with Gasteiger partial charge in [-0.2, -0.15) is 5.10 Å². The summed E-state index contributed by atoms with van der Waals surface area (Å²) < 4.78 is 2.07. The van der Waals surface area contributed by atoms with E-state index in [-0.39, 0.29) is 0 Å². The summed E-state index contributed by atoms with van der Waals surface area (Å²) in [6, 6.07) is 8.10. The van der Waals surface area contributed by atoms with Gasteiger partial charge in [-0.15, -0.1) is 0 Å². The van der Waals surface area contributed by atoms with Crippen LogP contribution in [0, 0.1) is 0 Å². The topological polar surface area (TPSA) is 54.6 Å². The zero-order valence-electron chi connectivity index (χ0n) is 10.2. The number of nitrogens with one attached hydrogen (secondary N) is 1. The first-order valence-electron chi connectivity index (χ1n) is 5.63. The highest BCUT2D eigenvalue weighted by atomic mass is 32.2. The van der Waals surface area contributed by atoms with Gasteiger partial charge in [0.05, 0.1) is 11.0 Å². The number of aryl methyl sites for hydroxylation is 1. The van der Waals surface area contributed by atoms with Gasteiger partial charge in [0.1, 0.15) is 5.71 Å². The summed E-state index contributed by atoms with van der Waals surface area (Å²) in [4.78, 5) is 8.70. The standard InChI is InChI=1S/C12H13N5S/c1-13-12-16-15-9(7-18-12)11-14-8-5-3-4-6-10(8)17(11)2/h3-6H,7H2,1-2H3,(H,13,16). The van der Waals surface area contributed by atoms with Crippen molar-refractivity contribution in [1.82, 2.24) is 15.0 Å². The number of para-hydroxylation sites is 2. The third kappa shape index (κ3) is 1.78. The molecule has 18 heavy (non-hydrogen) atoms. The lowest BCUT2D eigenvalue weighted by Crippen LogP contribution is -2.26. The van der Waals surface area contributed by atoms with Crippen molar-refractivity contribution in [3.05, 3.63) is 30.1 Å². The van der Waals surface area contributed by atoms with Crippen LogP contribution in [-0.4, -0.2) is 33.2 Å². The Bertz CT molecular complexity index is 656. The van der Waals surface area contributed by atoms with Crippen molar-refractivity contribution >= 4 is 33.7 Å². The van der Waals surface area contributed by atoms with Crippen molar-refractivity contribution < 1.29 is 0 Å². The first-order chi connectivity index (χ1) is 8.79. The second-order valence-corrected chi connectivity index (χ2v) is 4.93. The highest BCUT2D eigenvalue weighted by molar-refractivity contribution is 8.14. The molecular weight excluding hydrogens is 246 g/mol. The molecule has 0 spiro atoms. The van der Waals surface area contributed by atoms with E-state index < -0.39 is 0 Å². The molecule has 1 aromatic heterocycles. The zero-order chi connectivity index (χ0) is 12.5. The van der Waals surface area contributed by atoms with E-state index in [1.54, 1.807) is 18.8 Å². The molecule has 0 unspecified atom stereocenters. The van der Waals surface area contributed by atoms with Gasteiger partial charge in [0.15, 0.2) is 11.0 Å². The SMILES string of the molecule is CN=C1NN=C(c2nc3ccccc3n2C)CS1. The summed E-state index contributed by atoms with van der Waals surface area (Å²) in [5.41, 5.74) is 6.00. The molecule has 1 aliphatic rings. The first-order valence-corrected chi connectivity index (χ1v) is 6.62. The molecule has 5 nitrogen and oxygen atoms in total. The number of hydrogen-bond acceptors (Lipinski definition) is 4. The molecule has 2 heterocycles. The Morgan fingerprint density at radius 1 is 1.39 bits per heavy atom. The van der Waals surface area contributed by atoms with Crippen molar-refractivity contribution in [2.24, 2.45) is 17.1 Å². The second kappa shape index (κ2) is 4.45. The van der Waals surface area contributed by atoms with Crippen LogP contribution in [0.3, 0.4) is 0 Å². The molecule has 1 aromatic carbocycles. The number of imidazole rings is 1. The van der Waals surface area contributed by atoms with Crippen LogP contribution in [0.2, 0.25) is 0 Å². The fourth-order valence-electron chi connectivity index (χ4n) is 1.95. The van der Waals surface area contributed by atoms with Crippen molar-refractivity contribution in [3.63, 3.8) is 0 Å². The molecule has 0 bridgehead atoms. The molecular formula is C12H13N5S. The molecule has 2 aromatic rings. The molecule has 0 aliphatic carbocycles. The Morgan fingerprint density at radius 3 is 2.89 bits per heavy atom. The Balaban J connectivity index is 2.05. The van der Waals surface area contributed by atoms with Crippen molar-refractivity contribution in [2.75, 3.05) is 12.8 Å². The molecule has 0 saturated heterocycles. The lowest BCUT2D eigenvalue weighted by atomic mass is 10.3. The summed E-state index contributed by atoms with van der Waals surface area (Å²) in [5, 5.41) is 5.18. The minimum Gasteiger partial charge on any atom is -0.326 e. The van der Waals surface area contributed by atoms with E-state index >= 15 is 0 Å². The minimum atomic E-state index is 0.789. The molecule has 0 saturated carbocycles. The Hall–Kier alpha value is -1.82. The number of nitrogens with zero attached hydrogens (tertiary/aromatic N) is 4. The fourth-order valence-corrected chi connectivity index (χ4v) is 2.66. The van der Waals surface area contributed by atoms with Gasteiger partial charge in [0, 0.05) is 19.8 Å². The number of aliphatic imine (C=N–C) groups is 1. The largest absolute Gasteiger partial charge is 0.326 e. The van der Waals surface area contributed by atoms with Gasteiger partial charge >= 0.3 is 0 Å². The van der Waals surface area contributed by atoms with E-state index in [2.05, 4.69) is 31.1 Å². The first kappa shape index (κ1) is 11.3. The van der Waals surface area contributed by atoms with Crippen LogP contribution in [0.1, 0.15) is 5.82 Å². The van der Waals surface area contributed by atoms with Crippen molar-refractivity contribution in [1.29, 1.82) is 0 Å². The van der Waals surface area contributed by atoms with E-state index in [0.29, 0.717) is 0 Å². The molecule has 0 atom stereocenters. The van der Waals surface area contributed by atoms with E-state index in [9.17, 15) is 0 Å². The van der Waals surface area contributed by atoms with Gasteiger partial charge in [0.2, 0.25) is 0 Å². The summed E-state index contributed by atoms with van der Waals surface area (Å²) in [6.07, 6.45) is 0. The maximum absolute atomic E-state index is 4.63. The smallest absolute Gasteiger partial charge is 0.177 e. The monoisotopic (exact) mass is 259 g/mol. The van der Waals surface area contributed by atoms with Crippen LogP contribution in [0.5, 0.6) is 0 Å². The Labute approximate surface area is 109 Å². The minimum absolute atomic E-state index is 0.789. The van der Waals surface area contributed by atoms with Gasteiger partial charge in [-0.1, -0.05) is 23.9 Å². The quantitative estimate of drug-likeness (QED) is 0.846. The number of rotatable bonds is 1. The summed E-state index contributed by atoms with van der Waals surface area (Å²) >= 11 is 1.64. The molecule has 1 N–H and O–H groups in total. The van der Waals surface area contributed by atoms with Gasteiger partial charge in [-0.05, 0) is 12.1 Å². The van der Waals surface area contributed by atoms with E-state index in [4.69, 9.17) is 0 Å². The number of aromatic nitrogens is 2. The molecule has 92 valence electrons. The Morgan fingerprint density at radius 2 is 2.22 bits per heavy atom. The van der Waals surface area contributed by atoms with E-state index in [1.807, 2.05) is 25.2 Å². The predicted molar refractivity (Wildman–Crippen MR) is 76.2 cm³/mol. The fraction of sp³-hybridized carbons (Fsp3) is 0.250. The van der Waals surface area contributed by atoms with Gasteiger partial charge in [0.25, 0.3) is 0 Å². The van der Waals surface area contributed by atoms with Gasteiger partial charge in [-0.25, -0.2) is 4.98 Å². The second-order valence-electron chi connectivity index (χ2n) is 3.97. The highest BCUT2D eigenvalue weighted by Gasteiger charge is 2.17. The van der Waals surface area contributed by atoms with Crippen LogP contribution >= 0.6 is 11.8 Å². The molecule has 3 rings (SSSR count). The number of fused-ring (bicyclic) bond motifs is 1. The van der Waals surface area contributed by atoms with Crippen LogP contribution in [0.15, 0.2) is 34.4 Å². The van der Waals surface area contributed by atoms with Crippen molar-refractivity contribution in [3.8, 4) is 0 Å². The summed E-state index contributed by atoms with van der Waals surface area (Å²) in [5.74, 6) is 1.70. The van der Waals surface area contributed by atoms with Crippen LogP contribution in [-0.2, 0) is 7.05 Å². The number of thioether (sulfide) groups is 1. The van der Waals surface area contributed by atoms with Crippen LogP contribution in [0.4, 0.5) is 0 Å². The number of amidine groups is 1. The lowest BCUT2D eigenvalue weighted by molar-refractivity contribution is 0.916. The van der Waals surface area contributed by atoms with Crippen LogP contribution in [0.25, 0.3) is 11.0 Å². The third-order valence-electron chi connectivity index (χ3n) is 2.88. The van der Waals surface area contributed by atoms with Crippen molar-refractivity contribution in [2.45, 2.75) is 0 Å². The van der Waals surface area contributed by atoms with E-state index in [1.165, 1.54) is 0 Å². The number of hydrogen-bond donors (Lipinski definition) is 1. The predicted octanol–water partition coefficient (Wildman–Crippen LogP) is 1.60. The third-order valence-corrected chi connectivity index (χ3v) is 3.85. The summed E-state index contributed by atoms with van der Waals surface area (Å²) in [7, 11) is 3.77. The van der Waals surface area contributed by atoms with E-state index in [0.717, 1.165) is 33.5 Å². The molecule has 0 fully saturated rings. The maximum atomic E-state index is 4.63. The normalized spacial score (nSPS) is 17.9. The summed E-state index contributed by atoms with van der Waals surface area (Å²) in [6.45, 7) is 0. The van der Waals surface area contributed by atoms with Gasteiger partial charge < -0.3 is 4.57 Å². The Kier molecular flexibility index (Phi) is 2.79.